The van der Waals surface area contributed by atoms with Gasteiger partial charge in [-0.2, -0.15) is 5.26 Å². The molecule has 1 unspecified atom stereocenters. The molecule has 1 atom stereocenters. The van der Waals surface area contributed by atoms with E-state index in [1.165, 1.54) is 24.3 Å². The summed E-state index contributed by atoms with van der Waals surface area (Å²) in [6, 6.07) is 12.8. The number of nitrogens with one attached hydrogen (secondary N) is 1. The minimum Gasteiger partial charge on any atom is -0.482 e. The molecule has 0 bridgehead atoms. The number of aliphatic carboxylic acids is 1. The van der Waals surface area contributed by atoms with Gasteiger partial charge >= 0.3 is 5.97 Å². The van der Waals surface area contributed by atoms with E-state index >= 15 is 0 Å². The zero-order valence-electron chi connectivity index (χ0n) is 14.4. The first-order valence-electron chi connectivity index (χ1n) is 8.37. The van der Waals surface area contributed by atoms with Crippen molar-refractivity contribution in [2.75, 3.05) is 6.61 Å². The lowest BCUT2D eigenvalue weighted by molar-refractivity contribution is -0.139. The molecule has 2 aromatic carbocycles. The SMILES string of the molecule is N#Cc1ccc(S(=O)(=O)NC2CCc3c(cccc3OCC(=O)O)C2)cc1. The lowest BCUT2D eigenvalue weighted by Crippen LogP contribution is -2.38. The van der Waals surface area contributed by atoms with Gasteiger partial charge in [-0.3, -0.25) is 0 Å². The van der Waals surface area contributed by atoms with E-state index in [-0.39, 0.29) is 10.9 Å². The largest absolute Gasteiger partial charge is 0.482 e. The molecule has 140 valence electrons. The van der Waals surface area contributed by atoms with Crippen LogP contribution in [0, 0.1) is 11.3 Å². The van der Waals surface area contributed by atoms with E-state index in [0.717, 1.165) is 11.1 Å². The van der Waals surface area contributed by atoms with E-state index in [1.807, 2.05) is 12.1 Å². The quantitative estimate of drug-likeness (QED) is 0.783. The van der Waals surface area contributed by atoms with Gasteiger partial charge in [-0.15, -0.1) is 0 Å². The topological polar surface area (TPSA) is 116 Å². The maximum absolute atomic E-state index is 12.6. The first-order chi connectivity index (χ1) is 12.9. The van der Waals surface area contributed by atoms with Crippen LogP contribution in [0.1, 0.15) is 23.1 Å². The van der Waals surface area contributed by atoms with Gasteiger partial charge in [0.15, 0.2) is 6.61 Å². The fraction of sp³-hybridized carbons (Fsp3) is 0.263. The number of nitrogens with zero attached hydrogens (tertiary/aromatic N) is 1. The van der Waals surface area contributed by atoms with Gasteiger partial charge in [-0.25, -0.2) is 17.9 Å². The average Bonchev–Trinajstić information content (AvgIpc) is 2.65. The van der Waals surface area contributed by atoms with Gasteiger partial charge in [0.1, 0.15) is 5.75 Å². The molecule has 0 saturated heterocycles. The normalized spacial score (nSPS) is 16.2. The third kappa shape index (κ3) is 4.45. The van der Waals surface area contributed by atoms with E-state index < -0.39 is 22.6 Å². The molecular weight excluding hydrogens is 368 g/mol. The number of carbonyl (C=O) groups is 1. The lowest BCUT2D eigenvalue weighted by atomic mass is 9.88. The Morgan fingerprint density at radius 2 is 2.00 bits per heavy atom. The van der Waals surface area contributed by atoms with Gasteiger partial charge < -0.3 is 9.84 Å². The van der Waals surface area contributed by atoms with Crippen molar-refractivity contribution in [2.45, 2.75) is 30.2 Å². The minimum atomic E-state index is -3.69. The van der Waals surface area contributed by atoms with Crippen molar-refractivity contribution in [3.63, 3.8) is 0 Å². The Balaban J connectivity index is 1.73. The highest BCUT2D eigenvalue weighted by atomic mass is 32.2. The van der Waals surface area contributed by atoms with Crippen LogP contribution in [-0.4, -0.2) is 32.1 Å². The fourth-order valence-electron chi connectivity index (χ4n) is 3.14. The predicted octanol–water partition coefficient (Wildman–Crippen LogP) is 1.86. The Morgan fingerprint density at radius 1 is 1.26 bits per heavy atom. The maximum Gasteiger partial charge on any atom is 0.341 e. The number of ether oxygens (including phenoxy) is 1. The van der Waals surface area contributed by atoms with Gasteiger partial charge in [-0.05, 0) is 60.7 Å². The van der Waals surface area contributed by atoms with Crippen LogP contribution in [0.3, 0.4) is 0 Å². The number of hydrogen-bond acceptors (Lipinski definition) is 5. The molecule has 1 aliphatic carbocycles. The fourth-order valence-corrected chi connectivity index (χ4v) is 4.41. The Hall–Kier alpha value is -2.89. The monoisotopic (exact) mass is 386 g/mol. The van der Waals surface area contributed by atoms with Crippen molar-refractivity contribution < 1.29 is 23.1 Å². The summed E-state index contributed by atoms with van der Waals surface area (Å²) in [6.07, 6.45) is 1.66. The van der Waals surface area contributed by atoms with Crippen LogP contribution < -0.4 is 9.46 Å². The number of carboxylic acid groups (broad SMARTS) is 1. The molecule has 0 spiro atoms. The van der Waals surface area contributed by atoms with Gasteiger partial charge in [0.05, 0.1) is 16.5 Å². The van der Waals surface area contributed by atoms with Crippen LogP contribution in [0.4, 0.5) is 0 Å². The number of rotatable bonds is 6. The molecular formula is C19H18N2O5S. The standard InChI is InChI=1S/C19H18N2O5S/c20-11-13-4-7-16(8-5-13)27(24,25)21-15-6-9-17-14(10-15)2-1-3-18(17)26-12-19(22)23/h1-5,7-8,15,21H,6,9-10,12H2,(H,22,23). The zero-order valence-corrected chi connectivity index (χ0v) is 15.2. The Bertz CT molecular complexity index is 994. The highest BCUT2D eigenvalue weighted by molar-refractivity contribution is 7.89. The first kappa shape index (κ1) is 18.9. The third-order valence-electron chi connectivity index (χ3n) is 4.41. The summed E-state index contributed by atoms with van der Waals surface area (Å²) in [5.41, 5.74) is 2.26. The van der Waals surface area contributed by atoms with Gasteiger partial charge in [0, 0.05) is 6.04 Å². The first-order valence-corrected chi connectivity index (χ1v) is 9.85. The molecule has 27 heavy (non-hydrogen) atoms. The second kappa shape index (κ2) is 7.78. The molecule has 0 radical (unpaired) electrons. The number of carboxylic acids is 1. The summed E-state index contributed by atoms with van der Waals surface area (Å²) in [5, 5.41) is 17.6. The van der Waals surface area contributed by atoms with Crippen LogP contribution in [0.5, 0.6) is 5.75 Å². The summed E-state index contributed by atoms with van der Waals surface area (Å²) >= 11 is 0. The van der Waals surface area contributed by atoms with E-state index in [4.69, 9.17) is 15.1 Å². The minimum absolute atomic E-state index is 0.117. The Kier molecular flexibility index (Phi) is 5.44. The van der Waals surface area contributed by atoms with Crippen LogP contribution >= 0.6 is 0 Å². The lowest BCUT2D eigenvalue weighted by Gasteiger charge is -2.26. The molecule has 0 heterocycles. The molecule has 0 amide bonds. The molecule has 3 rings (SSSR count). The van der Waals surface area contributed by atoms with Crippen molar-refractivity contribution >= 4 is 16.0 Å². The molecule has 8 heteroatoms. The second-order valence-electron chi connectivity index (χ2n) is 6.27. The molecule has 2 N–H and O–H groups in total. The molecule has 0 saturated carbocycles. The summed E-state index contributed by atoms with van der Waals surface area (Å²) in [4.78, 5) is 10.8. The highest BCUT2D eigenvalue weighted by Gasteiger charge is 2.26. The maximum atomic E-state index is 12.6. The summed E-state index contributed by atoms with van der Waals surface area (Å²) in [5.74, 6) is -0.514. The number of sulfonamides is 1. The molecule has 7 nitrogen and oxygen atoms in total. The summed E-state index contributed by atoms with van der Waals surface area (Å²) < 4.78 is 33.2. The predicted molar refractivity (Wildman–Crippen MR) is 96.9 cm³/mol. The molecule has 2 aromatic rings. The van der Waals surface area contributed by atoms with Crippen LogP contribution in [0.2, 0.25) is 0 Å². The smallest absolute Gasteiger partial charge is 0.341 e. The summed E-state index contributed by atoms with van der Waals surface area (Å²) in [7, 11) is -3.69. The van der Waals surface area contributed by atoms with Crippen molar-refractivity contribution in [1.29, 1.82) is 5.26 Å². The third-order valence-corrected chi connectivity index (χ3v) is 5.94. The van der Waals surface area contributed by atoms with E-state index in [2.05, 4.69) is 4.72 Å². The van der Waals surface area contributed by atoms with Crippen molar-refractivity contribution in [1.82, 2.24) is 4.72 Å². The number of fused-ring (bicyclic) bond motifs is 1. The van der Waals surface area contributed by atoms with E-state index in [1.54, 1.807) is 12.1 Å². The van der Waals surface area contributed by atoms with Crippen molar-refractivity contribution in [3.05, 3.63) is 59.2 Å². The molecule has 0 aromatic heterocycles. The average molecular weight is 386 g/mol. The Morgan fingerprint density at radius 3 is 2.67 bits per heavy atom. The van der Waals surface area contributed by atoms with Crippen molar-refractivity contribution in [3.8, 4) is 11.8 Å². The van der Waals surface area contributed by atoms with Gasteiger partial charge in [-0.1, -0.05) is 12.1 Å². The van der Waals surface area contributed by atoms with Gasteiger partial charge in [0.2, 0.25) is 10.0 Å². The van der Waals surface area contributed by atoms with Crippen LogP contribution in [0.25, 0.3) is 0 Å². The molecule has 0 fully saturated rings. The highest BCUT2D eigenvalue weighted by Crippen LogP contribution is 2.30. The molecule has 1 aliphatic rings. The van der Waals surface area contributed by atoms with E-state index in [9.17, 15) is 13.2 Å². The number of hydrogen-bond donors (Lipinski definition) is 2. The zero-order chi connectivity index (χ0) is 19.4. The van der Waals surface area contributed by atoms with E-state index in [0.29, 0.717) is 30.6 Å². The van der Waals surface area contributed by atoms with Gasteiger partial charge in [0.25, 0.3) is 0 Å². The van der Waals surface area contributed by atoms with Crippen LogP contribution in [-0.2, 0) is 27.7 Å². The number of nitriles is 1. The van der Waals surface area contributed by atoms with Crippen molar-refractivity contribution in [2.24, 2.45) is 0 Å². The number of benzene rings is 2. The Labute approximate surface area is 157 Å². The summed E-state index contributed by atoms with van der Waals surface area (Å²) in [6.45, 7) is -0.412. The van der Waals surface area contributed by atoms with Crippen LogP contribution in [0.15, 0.2) is 47.4 Å². The second-order valence-corrected chi connectivity index (χ2v) is 7.99. The molecule has 0 aliphatic heterocycles.